The van der Waals surface area contributed by atoms with Crippen molar-refractivity contribution in [3.63, 3.8) is 0 Å². The van der Waals surface area contributed by atoms with Gasteiger partial charge in [-0.2, -0.15) is 0 Å². The molecule has 122 valence electrons. The summed E-state index contributed by atoms with van der Waals surface area (Å²) in [5.41, 5.74) is 8.19. The minimum absolute atomic E-state index is 0.0172. The summed E-state index contributed by atoms with van der Waals surface area (Å²) in [6.45, 7) is 2.01. The molecule has 1 amide bonds. The summed E-state index contributed by atoms with van der Waals surface area (Å²) in [5.74, 6) is 0.839. The van der Waals surface area contributed by atoms with E-state index in [9.17, 15) is 4.79 Å². The molecule has 0 aliphatic rings. The Morgan fingerprint density at radius 2 is 1.70 bits per heavy atom. The molecule has 0 saturated carbocycles. The molecule has 2 aromatic rings. The van der Waals surface area contributed by atoms with Crippen LogP contribution in [0.1, 0.15) is 36.6 Å². The van der Waals surface area contributed by atoms with E-state index in [4.69, 9.17) is 10.5 Å². The summed E-state index contributed by atoms with van der Waals surface area (Å²) in [6, 6.07) is 17.2. The van der Waals surface area contributed by atoms with Crippen LogP contribution >= 0.6 is 0 Å². The zero-order chi connectivity index (χ0) is 16.8. The Labute approximate surface area is 137 Å². The number of hydrogen-bond donors (Lipinski definition) is 1. The maximum atomic E-state index is 12.5. The van der Waals surface area contributed by atoms with Crippen LogP contribution in [0.2, 0.25) is 0 Å². The van der Waals surface area contributed by atoms with Crippen LogP contribution in [0.3, 0.4) is 0 Å². The van der Waals surface area contributed by atoms with E-state index in [0.29, 0.717) is 6.42 Å². The van der Waals surface area contributed by atoms with Gasteiger partial charge in [-0.3, -0.25) is 4.79 Å². The maximum absolute atomic E-state index is 12.5. The van der Waals surface area contributed by atoms with Crippen LogP contribution in [0.5, 0.6) is 5.75 Å². The first-order valence-corrected chi connectivity index (χ1v) is 7.73. The minimum Gasteiger partial charge on any atom is -0.497 e. The molecule has 0 heterocycles. The molecule has 2 unspecified atom stereocenters. The van der Waals surface area contributed by atoms with Crippen molar-refractivity contribution in [2.75, 3.05) is 14.2 Å². The summed E-state index contributed by atoms with van der Waals surface area (Å²) in [5, 5.41) is 0. The second kappa shape index (κ2) is 7.79. The van der Waals surface area contributed by atoms with E-state index in [1.165, 1.54) is 0 Å². The van der Waals surface area contributed by atoms with Crippen LogP contribution in [-0.2, 0) is 4.79 Å². The topological polar surface area (TPSA) is 55.6 Å². The van der Waals surface area contributed by atoms with Crippen LogP contribution in [0.25, 0.3) is 0 Å². The quantitative estimate of drug-likeness (QED) is 0.890. The zero-order valence-electron chi connectivity index (χ0n) is 13.9. The molecular weight excluding hydrogens is 288 g/mol. The molecule has 0 aromatic heterocycles. The number of ether oxygens (including phenoxy) is 1. The number of hydrogen-bond acceptors (Lipinski definition) is 3. The van der Waals surface area contributed by atoms with Gasteiger partial charge in [0, 0.05) is 19.5 Å². The number of nitrogens with two attached hydrogens (primary N) is 1. The lowest BCUT2D eigenvalue weighted by Crippen LogP contribution is -2.32. The lowest BCUT2D eigenvalue weighted by molar-refractivity contribution is -0.132. The predicted molar refractivity (Wildman–Crippen MR) is 92.2 cm³/mol. The van der Waals surface area contributed by atoms with E-state index in [1.54, 1.807) is 12.0 Å². The number of rotatable bonds is 6. The van der Waals surface area contributed by atoms with Crippen molar-refractivity contribution in [2.24, 2.45) is 5.73 Å². The molecular formula is C19H24N2O2. The van der Waals surface area contributed by atoms with Crippen molar-refractivity contribution >= 4 is 5.91 Å². The molecule has 4 heteroatoms. The van der Waals surface area contributed by atoms with Crippen molar-refractivity contribution in [3.05, 3.63) is 65.7 Å². The maximum Gasteiger partial charge on any atom is 0.224 e. The molecule has 0 spiro atoms. The van der Waals surface area contributed by atoms with Crippen LogP contribution in [0.15, 0.2) is 54.6 Å². The standard InChI is InChI=1S/C19H24N2O2/c1-14(15-9-11-17(23-3)12-10-15)21(2)19(22)13-18(20)16-7-5-4-6-8-16/h4-12,14,18H,13,20H2,1-3H3. The molecule has 2 N–H and O–H groups in total. The van der Waals surface area contributed by atoms with Crippen LogP contribution in [0.4, 0.5) is 0 Å². The fourth-order valence-corrected chi connectivity index (χ4v) is 2.47. The van der Waals surface area contributed by atoms with Gasteiger partial charge in [0.15, 0.2) is 0 Å². The van der Waals surface area contributed by atoms with E-state index >= 15 is 0 Å². The zero-order valence-corrected chi connectivity index (χ0v) is 13.9. The Morgan fingerprint density at radius 1 is 1.09 bits per heavy atom. The Kier molecular flexibility index (Phi) is 5.77. The summed E-state index contributed by atoms with van der Waals surface area (Å²) in [4.78, 5) is 14.2. The summed E-state index contributed by atoms with van der Waals surface area (Å²) >= 11 is 0. The smallest absolute Gasteiger partial charge is 0.224 e. The molecule has 23 heavy (non-hydrogen) atoms. The molecule has 0 aliphatic carbocycles. The van der Waals surface area contributed by atoms with E-state index in [1.807, 2.05) is 68.6 Å². The van der Waals surface area contributed by atoms with Gasteiger partial charge in [0.1, 0.15) is 5.75 Å². The number of carbonyl (C=O) groups excluding carboxylic acids is 1. The van der Waals surface area contributed by atoms with E-state index in [-0.39, 0.29) is 18.0 Å². The number of methoxy groups -OCH3 is 1. The highest BCUT2D eigenvalue weighted by atomic mass is 16.5. The second-order valence-electron chi connectivity index (χ2n) is 5.68. The summed E-state index contributed by atoms with van der Waals surface area (Å²) in [7, 11) is 3.45. The first kappa shape index (κ1) is 17.0. The van der Waals surface area contributed by atoms with Crippen LogP contribution in [0, 0.1) is 0 Å². The SMILES string of the molecule is COc1ccc(C(C)N(C)C(=O)CC(N)c2ccccc2)cc1. The molecule has 2 rings (SSSR count). The lowest BCUT2D eigenvalue weighted by atomic mass is 10.0. The third-order valence-electron chi connectivity index (χ3n) is 4.19. The van der Waals surface area contributed by atoms with Gasteiger partial charge in [-0.15, -0.1) is 0 Å². The number of benzene rings is 2. The first-order valence-electron chi connectivity index (χ1n) is 7.73. The molecule has 0 saturated heterocycles. The fraction of sp³-hybridized carbons (Fsp3) is 0.316. The van der Waals surface area contributed by atoms with Gasteiger partial charge >= 0.3 is 0 Å². The van der Waals surface area contributed by atoms with Crippen molar-refractivity contribution in [1.82, 2.24) is 4.90 Å². The normalized spacial score (nSPS) is 13.2. The average Bonchev–Trinajstić information content (AvgIpc) is 2.61. The molecule has 0 aliphatic heterocycles. The monoisotopic (exact) mass is 312 g/mol. The molecule has 0 bridgehead atoms. The molecule has 4 nitrogen and oxygen atoms in total. The van der Waals surface area contributed by atoms with Gasteiger partial charge in [0.25, 0.3) is 0 Å². The van der Waals surface area contributed by atoms with Crippen molar-refractivity contribution in [2.45, 2.75) is 25.4 Å². The molecule has 2 atom stereocenters. The average molecular weight is 312 g/mol. The Hall–Kier alpha value is -2.33. The van der Waals surface area contributed by atoms with E-state index < -0.39 is 0 Å². The minimum atomic E-state index is -0.283. The fourth-order valence-electron chi connectivity index (χ4n) is 2.47. The highest BCUT2D eigenvalue weighted by Gasteiger charge is 2.20. The Bertz CT molecular complexity index is 626. The van der Waals surface area contributed by atoms with E-state index in [2.05, 4.69) is 0 Å². The summed E-state index contributed by atoms with van der Waals surface area (Å²) in [6.07, 6.45) is 0.293. The van der Waals surface area contributed by atoms with E-state index in [0.717, 1.165) is 16.9 Å². The van der Waals surface area contributed by atoms with Crippen molar-refractivity contribution in [3.8, 4) is 5.75 Å². The Morgan fingerprint density at radius 3 is 2.26 bits per heavy atom. The van der Waals surface area contributed by atoms with Crippen molar-refractivity contribution in [1.29, 1.82) is 0 Å². The van der Waals surface area contributed by atoms with Gasteiger partial charge in [0.05, 0.1) is 13.2 Å². The molecule has 0 fully saturated rings. The Balaban J connectivity index is 2.00. The van der Waals surface area contributed by atoms with Gasteiger partial charge in [-0.05, 0) is 30.2 Å². The molecule has 0 radical (unpaired) electrons. The third-order valence-corrected chi connectivity index (χ3v) is 4.19. The number of nitrogens with zero attached hydrogens (tertiary/aromatic N) is 1. The largest absolute Gasteiger partial charge is 0.497 e. The van der Waals surface area contributed by atoms with Crippen LogP contribution in [-0.4, -0.2) is 25.0 Å². The summed E-state index contributed by atoms with van der Waals surface area (Å²) < 4.78 is 5.16. The van der Waals surface area contributed by atoms with Gasteiger partial charge in [-0.1, -0.05) is 42.5 Å². The van der Waals surface area contributed by atoms with Gasteiger partial charge in [-0.25, -0.2) is 0 Å². The number of amides is 1. The van der Waals surface area contributed by atoms with Crippen LogP contribution < -0.4 is 10.5 Å². The number of carbonyl (C=O) groups is 1. The highest BCUT2D eigenvalue weighted by Crippen LogP contribution is 2.23. The highest BCUT2D eigenvalue weighted by molar-refractivity contribution is 5.77. The first-order chi connectivity index (χ1) is 11.0. The predicted octanol–water partition coefficient (Wildman–Crippen LogP) is 3.30. The third kappa shape index (κ3) is 4.33. The van der Waals surface area contributed by atoms with Gasteiger partial charge < -0.3 is 15.4 Å². The van der Waals surface area contributed by atoms with Gasteiger partial charge in [0.2, 0.25) is 5.91 Å². The second-order valence-corrected chi connectivity index (χ2v) is 5.68. The van der Waals surface area contributed by atoms with Crippen molar-refractivity contribution < 1.29 is 9.53 Å². The molecule has 2 aromatic carbocycles. The lowest BCUT2D eigenvalue weighted by Gasteiger charge is -2.27.